The number of nitrogens with one attached hydrogen (secondary N) is 1. The van der Waals surface area contributed by atoms with E-state index < -0.39 is 0 Å². The molecule has 0 aliphatic carbocycles. The molecular formula is C10H12BrCl2NOS. The first-order valence-electron chi connectivity index (χ1n) is 4.91. The minimum absolute atomic E-state index is 0.172. The first kappa shape index (κ1) is 14.3. The third kappa shape index (κ3) is 4.24. The molecule has 1 aromatic heterocycles. The molecule has 1 N–H and O–H groups in total. The third-order valence-corrected chi connectivity index (χ3v) is 4.26. The Morgan fingerprint density at radius 1 is 1.62 bits per heavy atom. The van der Waals surface area contributed by atoms with Gasteiger partial charge in [-0.3, -0.25) is 4.79 Å². The molecule has 0 saturated carbocycles. The highest BCUT2D eigenvalue weighted by Crippen LogP contribution is 2.30. The summed E-state index contributed by atoms with van der Waals surface area (Å²) in [6, 6.07) is 1.59. The van der Waals surface area contributed by atoms with Crippen LogP contribution in [0.1, 0.15) is 30.1 Å². The molecule has 1 amide bonds. The van der Waals surface area contributed by atoms with Gasteiger partial charge in [-0.1, -0.05) is 52.5 Å². The summed E-state index contributed by atoms with van der Waals surface area (Å²) in [6.07, 6.45) is 2.11. The number of rotatable bonds is 5. The van der Waals surface area contributed by atoms with Gasteiger partial charge in [0.15, 0.2) is 0 Å². The van der Waals surface area contributed by atoms with E-state index in [1.54, 1.807) is 6.07 Å². The molecule has 0 bridgehead atoms. The van der Waals surface area contributed by atoms with Gasteiger partial charge in [-0.15, -0.1) is 11.3 Å². The minimum Gasteiger partial charge on any atom is -0.351 e. The molecule has 1 aromatic rings. The first-order valence-corrected chi connectivity index (χ1v) is 7.40. The van der Waals surface area contributed by atoms with E-state index in [1.165, 1.54) is 11.3 Å². The van der Waals surface area contributed by atoms with Crippen LogP contribution < -0.4 is 5.32 Å². The van der Waals surface area contributed by atoms with Gasteiger partial charge < -0.3 is 5.32 Å². The number of amides is 1. The fraction of sp³-hybridized carbons (Fsp3) is 0.500. The average Bonchev–Trinajstić information content (AvgIpc) is 2.55. The maximum absolute atomic E-state index is 11.7. The number of hydrogen-bond acceptors (Lipinski definition) is 2. The Bertz CT molecular complexity index is 370. The van der Waals surface area contributed by atoms with E-state index in [0.717, 1.165) is 12.8 Å². The summed E-state index contributed by atoms with van der Waals surface area (Å²) < 4.78 is 0.961. The number of halogens is 3. The molecule has 0 radical (unpaired) electrons. The lowest BCUT2D eigenvalue weighted by Gasteiger charge is -2.09. The van der Waals surface area contributed by atoms with Crippen molar-refractivity contribution in [1.29, 1.82) is 0 Å². The molecule has 0 aliphatic rings. The van der Waals surface area contributed by atoms with E-state index in [2.05, 4.69) is 28.2 Å². The van der Waals surface area contributed by atoms with Crippen LogP contribution in [0.5, 0.6) is 0 Å². The lowest BCUT2D eigenvalue weighted by Crippen LogP contribution is -2.29. The van der Waals surface area contributed by atoms with Crippen LogP contribution in [0.25, 0.3) is 0 Å². The smallest absolute Gasteiger partial charge is 0.253 e. The Balaban J connectivity index is 2.50. The largest absolute Gasteiger partial charge is 0.351 e. The Kier molecular flexibility index (Phi) is 6.11. The van der Waals surface area contributed by atoms with E-state index in [-0.39, 0.29) is 5.91 Å². The Morgan fingerprint density at radius 2 is 2.31 bits per heavy atom. The van der Waals surface area contributed by atoms with Crippen LogP contribution in [-0.4, -0.2) is 17.3 Å². The van der Waals surface area contributed by atoms with Gasteiger partial charge in [0.05, 0.1) is 9.90 Å². The molecule has 0 fully saturated rings. The van der Waals surface area contributed by atoms with Crippen LogP contribution in [0.2, 0.25) is 8.67 Å². The molecule has 0 saturated heterocycles. The summed E-state index contributed by atoms with van der Waals surface area (Å²) in [5.41, 5.74) is 0.452. The van der Waals surface area contributed by atoms with Crippen LogP contribution in [0.15, 0.2) is 6.07 Å². The second-order valence-corrected chi connectivity index (χ2v) is 6.91. The lowest BCUT2D eigenvalue weighted by molar-refractivity contribution is 0.0954. The Hall–Kier alpha value is 0.230. The molecule has 0 aromatic carbocycles. The third-order valence-electron chi connectivity index (χ3n) is 1.99. The Morgan fingerprint density at radius 3 is 2.81 bits per heavy atom. The monoisotopic (exact) mass is 343 g/mol. The van der Waals surface area contributed by atoms with Gasteiger partial charge in [-0.2, -0.15) is 0 Å². The van der Waals surface area contributed by atoms with Crippen LogP contribution >= 0.6 is 50.5 Å². The van der Waals surface area contributed by atoms with Crippen molar-refractivity contribution < 1.29 is 4.79 Å². The quantitative estimate of drug-likeness (QED) is 0.790. The molecule has 0 aliphatic heterocycles. The molecule has 1 rings (SSSR count). The van der Waals surface area contributed by atoms with E-state index >= 15 is 0 Å². The minimum atomic E-state index is -0.172. The summed E-state index contributed by atoms with van der Waals surface area (Å²) in [7, 11) is 0. The van der Waals surface area contributed by atoms with Crippen LogP contribution in [-0.2, 0) is 0 Å². The topological polar surface area (TPSA) is 29.1 Å². The van der Waals surface area contributed by atoms with E-state index in [0.29, 0.717) is 25.6 Å². The molecule has 1 unspecified atom stereocenters. The van der Waals surface area contributed by atoms with Gasteiger partial charge in [-0.05, 0) is 12.5 Å². The van der Waals surface area contributed by atoms with Gasteiger partial charge in [0, 0.05) is 11.4 Å². The zero-order valence-corrected chi connectivity index (χ0v) is 12.6. The lowest BCUT2D eigenvalue weighted by atomic mass is 10.2. The number of hydrogen-bond donors (Lipinski definition) is 1. The van der Waals surface area contributed by atoms with Crippen molar-refractivity contribution in [1.82, 2.24) is 5.32 Å². The van der Waals surface area contributed by atoms with E-state index in [1.807, 2.05) is 0 Å². The van der Waals surface area contributed by atoms with Gasteiger partial charge >= 0.3 is 0 Å². The zero-order chi connectivity index (χ0) is 12.1. The molecule has 6 heteroatoms. The molecule has 16 heavy (non-hydrogen) atoms. The summed E-state index contributed by atoms with van der Waals surface area (Å²) in [6.45, 7) is 2.70. The van der Waals surface area contributed by atoms with Gasteiger partial charge in [0.1, 0.15) is 4.34 Å². The van der Waals surface area contributed by atoms with Crippen molar-refractivity contribution in [3.63, 3.8) is 0 Å². The van der Waals surface area contributed by atoms with Crippen molar-refractivity contribution in [3.05, 3.63) is 20.3 Å². The van der Waals surface area contributed by atoms with Crippen molar-refractivity contribution in [2.45, 2.75) is 24.6 Å². The van der Waals surface area contributed by atoms with Crippen LogP contribution in [0, 0.1) is 0 Å². The molecule has 90 valence electrons. The molecule has 1 heterocycles. The number of thiophene rings is 1. The van der Waals surface area contributed by atoms with Crippen molar-refractivity contribution in [3.8, 4) is 0 Å². The number of carbonyl (C=O) groups excluding carboxylic acids is 1. The van der Waals surface area contributed by atoms with Gasteiger partial charge in [-0.25, -0.2) is 0 Å². The molecular weight excluding hydrogens is 333 g/mol. The van der Waals surface area contributed by atoms with Crippen LogP contribution in [0.3, 0.4) is 0 Å². The predicted molar refractivity (Wildman–Crippen MR) is 74.3 cm³/mol. The van der Waals surface area contributed by atoms with E-state index in [4.69, 9.17) is 23.2 Å². The second-order valence-electron chi connectivity index (χ2n) is 3.33. The Labute approximate surface area is 117 Å². The highest BCUT2D eigenvalue weighted by molar-refractivity contribution is 9.09. The predicted octanol–water partition coefficient (Wildman–Crippen LogP) is 4.35. The highest BCUT2D eigenvalue weighted by atomic mass is 79.9. The summed E-state index contributed by atoms with van der Waals surface area (Å²) in [4.78, 5) is 12.0. The van der Waals surface area contributed by atoms with Gasteiger partial charge in [0.2, 0.25) is 0 Å². The fourth-order valence-electron chi connectivity index (χ4n) is 1.21. The fourth-order valence-corrected chi connectivity index (χ4v) is 3.29. The zero-order valence-electron chi connectivity index (χ0n) is 8.73. The first-order chi connectivity index (χ1) is 7.54. The molecule has 0 spiro atoms. The van der Waals surface area contributed by atoms with Crippen molar-refractivity contribution >= 4 is 56.4 Å². The summed E-state index contributed by atoms with van der Waals surface area (Å²) >= 11 is 16.3. The average molecular weight is 345 g/mol. The van der Waals surface area contributed by atoms with Crippen LogP contribution in [0.4, 0.5) is 0 Å². The number of carbonyl (C=O) groups is 1. The second kappa shape index (κ2) is 6.84. The summed E-state index contributed by atoms with van der Waals surface area (Å²) in [5, 5.41) is 2.82. The van der Waals surface area contributed by atoms with Crippen molar-refractivity contribution in [2.24, 2.45) is 0 Å². The maximum Gasteiger partial charge on any atom is 0.253 e. The van der Waals surface area contributed by atoms with Crippen molar-refractivity contribution in [2.75, 3.05) is 6.54 Å². The number of alkyl halides is 1. The van der Waals surface area contributed by atoms with Gasteiger partial charge in [0.25, 0.3) is 5.91 Å². The summed E-state index contributed by atoms with van der Waals surface area (Å²) in [5.74, 6) is -0.172. The standard InChI is InChI=1S/C10H12BrCl2NOS/c1-2-3-6(11)5-14-10(15)7-4-8(12)16-9(7)13/h4,6H,2-3,5H2,1H3,(H,14,15). The SMILES string of the molecule is CCCC(Br)CNC(=O)c1cc(Cl)sc1Cl. The van der Waals surface area contributed by atoms with E-state index in [9.17, 15) is 4.79 Å². The maximum atomic E-state index is 11.7. The molecule has 1 atom stereocenters. The molecule has 2 nitrogen and oxygen atoms in total. The normalized spacial score (nSPS) is 12.5. The highest BCUT2D eigenvalue weighted by Gasteiger charge is 2.14.